The Morgan fingerprint density at radius 1 is 0.833 bits per heavy atom. The summed E-state index contributed by atoms with van der Waals surface area (Å²) in [5, 5.41) is 2.18. The second kappa shape index (κ2) is 16.9. The highest BCUT2D eigenvalue weighted by atomic mass is 32.2. The van der Waals surface area contributed by atoms with Crippen LogP contribution in [0.1, 0.15) is 53.9 Å². The molecule has 0 heterocycles. The standard InChI is InChI=1S/C21H43NO7S/c1-19(2)30(24,25)18-7-20(23)22-9-11-27-13-15-29-17-16-28-14-12-26-10-6-8-21(3,4)5/h19H,6-18H2,1-5H3,(H,22,23). The van der Waals surface area contributed by atoms with E-state index in [1.165, 1.54) is 0 Å². The van der Waals surface area contributed by atoms with E-state index in [1.807, 2.05) is 0 Å². The van der Waals surface area contributed by atoms with Gasteiger partial charge in [0.15, 0.2) is 9.84 Å². The van der Waals surface area contributed by atoms with Crippen molar-refractivity contribution >= 4 is 15.7 Å². The Labute approximate surface area is 183 Å². The third-order valence-corrected chi connectivity index (χ3v) is 6.44. The second-order valence-electron chi connectivity index (χ2n) is 8.63. The molecule has 0 aliphatic heterocycles. The van der Waals surface area contributed by atoms with Crippen molar-refractivity contribution in [3.05, 3.63) is 0 Å². The van der Waals surface area contributed by atoms with Crippen LogP contribution in [-0.4, -0.2) is 84.7 Å². The number of rotatable bonds is 19. The molecule has 9 heteroatoms. The summed E-state index contributed by atoms with van der Waals surface area (Å²) in [5.74, 6) is -0.411. The molecule has 0 atom stereocenters. The van der Waals surface area contributed by atoms with Crippen LogP contribution < -0.4 is 5.32 Å². The Bertz CT molecular complexity index is 530. The van der Waals surface area contributed by atoms with E-state index in [1.54, 1.807) is 13.8 Å². The number of ether oxygens (including phenoxy) is 4. The van der Waals surface area contributed by atoms with Crippen LogP contribution in [0.4, 0.5) is 0 Å². The van der Waals surface area contributed by atoms with Gasteiger partial charge in [-0.3, -0.25) is 4.79 Å². The molecule has 0 aromatic carbocycles. The lowest BCUT2D eigenvalue weighted by Gasteiger charge is -2.17. The minimum absolute atomic E-state index is 0.0222. The summed E-state index contributed by atoms with van der Waals surface area (Å²) in [4.78, 5) is 11.6. The zero-order valence-electron chi connectivity index (χ0n) is 19.5. The number of amides is 1. The van der Waals surface area contributed by atoms with Crippen molar-refractivity contribution < 1.29 is 32.2 Å². The van der Waals surface area contributed by atoms with Crippen molar-refractivity contribution in [1.82, 2.24) is 5.32 Å². The van der Waals surface area contributed by atoms with E-state index in [0.29, 0.717) is 58.2 Å². The lowest BCUT2D eigenvalue weighted by Crippen LogP contribution is -2.30. The fourth-order valence-corrected chi connectivity index (χ4v) is 3.23. The molecule has 0 spiro atoms. The fourth-order valence-electron chi connectivity index (χ4n) is 2.29. The monoisotopic (exact) mass is 453 g/mol. The van der Waals surface area contributed by atoms with Gasteiger partial charge in [-0.25, -0.2) is 8.42 Å². The molecule has 0 aromatic rings. The smallest absolute Gasteiger partial charge is 0.221 e. The van der Waals surface area contributed by atoms with Gasteiger partial charge in [-0.05, 0) is 32.1 Å². The normalized spacial score (nSPS) is 12.5. The molecule has 180 valence electrons. The van der Waals surface area contributed by atoms with Crippen LogP contribution in [0.5, 0.6) is 0 Å². The highest BCUT2D eigenvalue weighted by Crippen LogP contribution is 2.20. The predicted octanol–water partition coefficient (Wildman–Crippen LogP) is 2.21. The molecular formula is C21H43NO7S. The zero-order valence-corrected chi connectivity index (χ0v) is 20.4. The van der Waals surface area contributed by atoms with Crippen LogP contribution in [0.15, 0.2) is 0 Å². The molecule has 8 nitrogen and oxygen atoms in total. The molecule has 0 aromatic heterocycles. The van der Waals surface area contributed by atoms with E-state index in [9.17, 15) is 13.2 Å². The van der Waals surface area contributed by atoms with Crippen LogP contribution in [0.3, 0.4) is 0 Å². The van der Waals surface area contributed by atoms with E-state index in [2.05, 4.69) is 26.1 Å². The van der Waals surface area contributed by atoms with Gasteiger partial charge >= 0.3 is 0 Å². The summed E-state index contributed by atoms with van der Waals surface area (Å²) in [6.45, 7) is 14.4. The van der Waals surface area contributed by atoms with E-state index in [0.717, 1.165) is 19.4 Å². The quantitative estimate of drug-likeness (QED) is 0.299. The van der Waals surface area contributed by atoms with Gasteiger partial charge < -0.3 is 24.3 Å². The van der Waals surface area contributed by atoms with E-state index in [4.69, 9.17) is 18.9 Å². The summed E-state index contributed by atoms with van der Waals surface area (Å²) < 4.78 is 45.0. The van der Waals surface area contributed by atoms with Gasteiger partial charge in [0.1, 0.15) is 0 Å². The third-order valence-electron chi connectivity index (χ3n) is 4.23. The van der Waals surface area contributed by atoms with Gasteiger partial charge in [-0.1, -0.05) is 20.8 Å². The largest absolute Gasteiger partial charge is 0.379 e. The van der Waals surface area contributed by atoms with Crippen LogP contribution in [0, 0.1) is 5.41 Å². The molecule has 0 aliphatic rings. The molecule has 0 bridgehead atoms. The Balaban J connectivity index is 3.31. The molecule has 30 heavy (non-hydrogen) atoms. The van der Waals surface area contributed by atoms with Gasteiger partial charge in [0.25, 0.3) is 0 Å². The molecule has 0 saturated heterocycles. The average Bonchev–Trinajstić information content (AvgIpc) is 2.65. The van der Waals surface area contributed by atoms with Crippen molar-refractivity contribution in [1.29, 1.82) is 0 Å². The highest BCUT2D eigenvalue weighted by molar-refractivity contribution is 7.91. The zero-order chi connectivity index (χ0) is 22.9. The predicted molar refractivity (Wildman–Crippen MR) is 119 cm³/mol. The van der Waals surface area contributed by atoms with Gasteiger partial charge in [0.05, 0.1) is 57.3 Å². The molecule has 0 rings (SSSR count). The fraction of sp³-hybridized carbons (Fsp3) is 0.952. The lowest BCUT2D eigenvalue weighted by atomic mass is 9.91. The van der Waals surface area contributed by atoms with Crippen LogP contribution in [0.2, 0.25) is 0 Å². The first-order valence-electron chi connectivity index (χ1n) is 10.8. The summed E-state index contributed by atoms with van der Waals surface area (Å²) in [7, 11) is -3.18. The molecular weight excluding hydrogens is 410 g/mol. The topological polar surface area (TPSA) is 100 Å². The first-order valence-corrected chi connectivity index (χ1v) is 12.6. The first kappa shape index (κ1) is 29.3. The first-order chi connectivity index (χ1) is 14.0. The van der Waals surface area contributed by atoms with Crippen molar-refractivity contribution in [3.8, 4) is 0 Å². The summed E-state index contributed by atoms with van der Waals surface area (Å²) in [6.07, 6.45) is 2.20. The lowest BCUT2D eigenvalue weighted by molar-refractivity contribution is -0.120. The Morgan fingerprint density at radius 2 is 1.30 bits per heavy atom. The van der Waals surface area contributed by atoms with E-state index in [-0.39, 0.29) is 18.1 Å². The van der Waals surface area contributed by atoms with E-state index < -0.39 is 15.1 Å². The minimum Gasteiger partial charge on any atom is -0.379 e. The Morgan fingerprint density at radius 3 is 1.77 bits per heavy atom. The Kier molecular flexibility index (Phi) is 16.5. The number of hydrogen-bond donors (Lipinski definition) is 1. The maximum absolute atomic E-state index is 11.6. The molecule has 0 unspecified atom stereocenters. The van der Waals surface area contributed by atoms with Crippen LogP contribution in [-0.2, 0) is 33.6 Å². The van der Waals surface area contributed by atoms with E-state index >= 15 is 0 Å². The van der Waals surface area contributed by atoms with Crippen LogP contribution in [0.25, 0.3) is 0 Å². The minimum atomic E-state index is -3.18. The number of nitrogens with one attached hydrogen (secondary N) is 1. The molecule has 0 aliphatic carbocycles. The summed E-state index contributed by atoms with van der Waals surface area (Å²) >= 11 is 0. The highest BCUT2D eigenvalue weighted by Gasteiger charge is 2.17. The van der Waals surface area contributed by atoms with Crippen LogP contribution >= 0.6 is 0 Å². The van der Waals surface area contributed by atoms with Crippen molar-refractivity contribution in [3.63, 3.8) is 0 Å². The number of carbonyl (C=O) groups excluding carboxylic acids is 1. The number of carbonyl (C=O) groups is 1. The molecule has 0 saturated carbocycles. The summed E-state index contributed by atoms with van der Waals surface area (Å²) in [5.41, 5.74) is 0.355. The SMILES string of the molecule is CC(C)S(=O)(=O)CCC(=O)NCCOCCOCCOCCOCCCC(C)(C)C. The molecule has 1 N–H and O–H groups in total. The third kappa shape index (κ3) is 19.2. The van der Waals surface area contributed by atoms with Crippen molar-refractivity contribution in [2.75, 3.05) is 65.2 Å². The van der Waals surface area contributed by atoms with Gasteiger partial charge in [0.2, 0.25) is 5.91 Å². The second-order valence-corrected chi connectivity index (χ2v) is 11.3. The Hall–Kier alpha value is -0.740. The number of hydrogen-bond acceptors (Lipinski definition) is 7. The van der Waals surface area contributed by atoms with Crippen molar-refractivity contribution in [2.45, 2.75) is 59.1 Å². The maximum atomic E-state index is 11.6. The van der Waals surface area contributed by atoms with Crippen molar-refractivity contribution in [2.24, 2.45) is 5.41 Å². The van der Waals surface area contributed by atoms with Gasteiger partial charge in [-0.2, -0.15) is 0 Å². The average molecular weight is 454 g/mol. The summed E-state index contributed by atoms with van der Waals surface area (Å²) in [6, 6.07) is 0. The van der Waals surface area contributed by atoms with Gasteiger partial charge in [0, 0.05) is 19.6 Å². The molecule has 1 amide bonds. The number of sulfone groups is 1. The van der Waals surface area contributed by atoms with Gasteiger partial charge in [-0.15, -0.1) is 0 Å². The molecule has 0 fully saturated rings. The maximum Gasteiger partial charge on any atom is 0.221 e. The molecule has 0 radical (unpaired) electrons.